The predicted octanol–water partition coefficient (Wildman–Crippen LogP) is 3.15. The van der Waals surface area contributed by atoms with Crippen LogP contribution in [0.2, 0.25) is 0 Å². The van der Waals surface area contributed by atoms with E-state index in [9.17, 15) is 13.2 Å². The molecular formula is C17H20N2O4S. The quantitative estimate of drug-likeness (QED) is 0.840. The Morgan fingerprint density at radius 3 is 2.29 bits per heavy atom. The van der Waals surface area contributed by atoms with E-state index in [2.05, 4.69) is 10.0 Å². The smallest absolute Gasteiger partial charge is 0.265 e. The van der Waals surface area contributed by atoms with E-state index in [0.717, 1.165) is 5.56 Å². The van der Waals surface area contributed by atoms with Crippen LogP contribution in [0.4, 0.5) is 11.4 Å². The molecule has 7 heteroatoms. The van der Waals surface area contributed by atoms with Crippen LogP contribution >= 0.6 is 0 Å². The van der Waals surface area contributed by atoms with E-state index in [0.29, 0.717) is 23.7 Å². The molecule has 0 aliphatic rings. The second-order valence-corrected chi connectivity index (χ2v) is 6.90. The number of sulfonamides is 1. The zero-order valence-corrected chi connectivity index (χ0v) is 14.6. The number of hydrogen-bond acceptors (Lipinski definition) is 4. The molecule has 6 nitrogen and oxygen atoms in total. The molecule has 2 aromatic carbocycles. The van der Waals surface area contributed by atoms with Crippen molar-refractivity contribution < 1.29 is 17.9 Å². The lowest BCUT2D eigenvalue weighted by Crippen LogP contribution is -2.15. The molecule has 0 aliphatic heterocycles. The average molecular weight is 348 g/mol. The van der Waals surface area contributed by atoms with Crippen molar-refractivity contribution in [3.63, 3.8) is 0 Å². The summed E-state index contributed by atoms with van der Waals surface area (Å²) in [4.78, 5) is 11.1. The van der Waals surface area contributed by atoms with E-state index in [1.807, 2.05) is 6.92 Å². The van der Waals surface area contributed by atoms with Gasteiger partial charge in [0.15, 0.2) is 0 Å². The van der Waals surface area contributed by atoms with Crippen LogP contribution in [0.15, 0.2) is 47.4 Å². The number of carbonyl (C=O) groups is 1. The third-order valence-electron chi connectivity index (χ3n) is 3.15. The van der Waals surface area contributed by atoms with E-state index < -0.39 is 10.0 Å². The summed E-state index contributed by atoms with van der Waals surface area (Å²) in [6.07, 6.45) is 0. The van der Waals surface area contributed by atoms with Crippen molar-refractivity contribution in [1.82, 2.24) is 0 Å². The maximum Gasteiger partial charge on any atom is 0.265 e. The van der Waals surface area contributed by atoms with Crippen molar-refractivity contribution in [3.05, 3.63) is 48.0 Å². The summed E-state index contributed by atoms with van der Waals surface area (Å²) in [7, 11) is -3.79. The molecule has 0 atom stereocenters. The highest BCUT2D eigenvalue weighted by atomic mass is 32.2. The number of rotatable bonds is 6. The molecule has 0 radical (unpaired) electrons. The second-order valence-electron chi connectivity index (χ2n) is 5.25. The standard InChI is InChI=1S/C17H20N2O4S/c1-4-23-16-10-5-12(2)11-17(16)24(21,22)19-15-8-6-14(7-9-15)18-13(3)20/h5-11,19H,4H2,1-3H3,(H,18,20). The normalized spacial score (nSPS) is 11.0. The zero-order valence-electron chi connectivity index (χ0n) is 13.8. The van der Waals surface area contributed by atoms with Crippen molar-refractivity contribution in [3.8, 4) is 5.75 Å². The van der Waals surface area contributed by atoms with E-state index in [-0.39, 0.29) is 10.8 Å². The first-order chi connectivity index (χ1) is 11.3. The molecular weight excluding hydrogens is 328 g/mol. The van der Waals surface area contributed by atoms with Crippen LogP contribution in [-0.2, 0) is 14.8 Å². The van der Waals surface area contributed by atoms with Crippen LogP contribution in [0.3, 0.4) is 0 Å². The summed E-state index contributed by atoms with van der Waals surface area (Å²) in [5, 5.41) is 2.62. The van der Waals surface area contributed by atoms with Gasteiger partial charge < -0.3 is 10.1 Å². The van der Waals surface area contributed by atoms with Crippen LogP contribution in [-0.4, -0.2) is 20.9 Å². The molecule has 24 heavy (non-hydrogen) atoms. The lowest BCUT2D eigenvalue weighted by atomic mass is 10.2. The highest BCUT2D eigenvalue weighted by Crippen LogP contribution is 2.27. The van der Waals surface area contributed by atoms with E-state index in [1.165, 1.54) is 6.92 Å². The third-order valence-corrected chi connectivity index (χ3v) is 4.55. The largest absolute Gasteiger partial charge is 0.492 e. The topological polar surface area (TPSA) is 84.5 Å². The molecule has 2 N–H and O–H groups in total. The minimum Gasteiger partial charge on any atom is -0.492 e. The number of anilines is 2. The lowest BCUT2D eigenvalue weighted by Gasteiger charge is -2.13. The summed E-state index contributed by atoms with van der Waals surface area (Å²) in [6, 6.07) is 11.4. The minimum absolute atomic E-state index is 0.0929. The van der Waals surface area contributed by atoms with Crippen molar-refractivity contribution in [1.29, 1.82) is 0 Å². The Bertz CT molecular complexity index is 830. The first-order valence-electron chi connectivity index (χ1n) is 7.46. The molecule has 0 aromatic heterocycles. The SMILES string of the molecule is CCOc1ccc(C)cc1S(=O)(=O)Nc1ccc(NC(C)=O)cc1. The predicted molar refractivity (Wildman–Crippen MR) is 93.9 cm³/mol. The van der Waals surface area contributed by atoms with Crippen molar-refractivity contribution in [2.75, 3.05) is 16.6 Å². The van der Waals surface area contributed by atoms with Gasteiger partial charge in [-0.15, -0.1) is 0 Å². The van der Waals surface area contributed by atoms with Gasteiger partial charge in [0, 0.05) is 18.3 Å². The number of benzene rings is 2. The zero-order chi connectivity index (χ0) is 17.7. The number of ether oxygens (including phenoxy) is 1. The molecule has 0 unspecified atom stereocenters. The number of nitrogens with one attached hydrogen (secondary N) is 2. The Hall–Kier alpha value is -2.54. The fraction of sp³-hybridized carbons (Fsp3) is 0.235. The molecule has 0 saturated heterocycles. The van der Waals surface area contributed by atoms with Crippen molar-refractivity contribution in [2.45, 2.75) is 25.7 Å². The third kappa shape index (κ3) is 4.48. The van der Waals surface area contributed by atoms with Gasteiger partial charge >= 0.3 is 0 Å². The minimum atomic E-state index is -3.79. The molecule has 0 fully saturated rings. The Morgan fingerprint density at radius 2 is 1.71 bits per heavy atom. The Labute approximate surface area is 141 Å². The maximum atomic E-state index is 12.7. The maximum absolute atomic E-state index is 12.7. The summed E-state index contributed by atoms with van der Waals surface area (Å²) >= 11 is 0. The Morgan fingerprint density at radius 1 is 1.08 bits per heavy atom. The van der Waals surface area contributed by atoms with Gasteiger partial charge in [0.1, 0.15) is 10.6 Å². The molecule has 1 amide bonds. The summed E-state index contributed by atoms with van der Waals surface area (Å²) < 4.78 is 33.2. The van der Waals surface area contributed by atoms with Crippen molar-refractivity contribution >= 4 is 27.3 Å². The van der Waals surface area contributed by atoms with Gasteiger partial charge in [-0.05, 0) is 55.8 Å². The van der Waals surface area contributed by atoms with Crippen LogP contribution in [0, 0.1) is 6.92 Å². The number of amides is 1. The molecule has 0 saturated carbocycles. The lowest BCUT2D eigenvalue weighted by molar-refractivity contribution is -0.114. The summed E-state index contributed by atoms with van der Waals surface area (Å²) in [5.74, 6) is 0.120. The molecule has 0 heterocycles. The number of carbonyl (C=O) groups excluding carboxylic acids is 1. The molecule has 2 aromatic rings. The average Bonchev–Trinajstić information content (AvgIpc) is 2.50. The summed E-state index contributed by atoms with van der Waals surface area (Å²) in [6.45, 7) is 5.39. The van der Waals surface area contributed by atoms with Crippen molar-refractivity contribution in [2.24, 2.45) is 0 Å². The number of hydrogen-bond donors (Lipinski definition) is 2. The molecule has 2 rings (SSSR count). The van der Waals surface area contributed by atoms with Gasteiger partial charge in [-0.2, -0.15) is 0 Å². The monoisotopic (exact) mass is 348 g/mol. The van der Waals surface area contributed by atoms with Gasteiger partial charge in [-0.25, -0.2) is 8.42 Å². The highest BCUT2D eigenvalue weighted by molar-refractivity contribution is 7.92. The Balaban J connectivity index is 2.28. The van der Waals surface area contributed by atoms with Gasteiger partial charge in [0.25, 0.3) is 10.0 Å². The number of aryl methyl sites for hydroxylation is 1. The first kappa shape index (κ1) is 17.8. The van der Waals surface area contributed by atoms with Gasteiger partial charge in [0.05, 0.1) is 6.61 Å². The second kappa shape index (κ2) is 7.35. The van der Waals surface area contributed by atoms with Crippen LogP contribution in [0.5, 0.6) is 5.75 Å². The van der Waals surface area contributed by atoms with Crippen LogP contribution < -0.4 is 14.8 Å². The van der Waals surface area contributed by atoms with Crippen LogP contribution in [0.1, 0.15) is 19.4 Å². The summed E-state index contributed by atoms with van der Waals surface area (Å²) in [5.41, 5.74) is 1.81. The fourth-order valence-corrected chi connectivity index (χ4v) is 3.42. The molecule has 128 valence electrons. The fourth-order valence-electron chi connectivity index (χ4n) is 2.14. The van der Waals surface area contributed by atoms with Gasteiger partial charge in [0.2, 0.25) is 5.91 Å². The van der Waals surface area contributed by atoms with Crippen LogP contribution in [0.25, 0.3) is 0 Å². The van der Waals surface area contributed by atoms with Gasteiger partial charge in [-0.3, -0.25) is 9.52 Å². The van der Waals surface area contributed by atoms with E-state index in [4.69, 9.17) is 4.74 Å². The molecule has 0 aliphatic carbocycles. The van der Waals surface area contributed by atoms with E-state index >= 15 is 0 Å². The van der Waals surface area contributed by atoms with Gasteiger partial charge in [-0.1, -0.05) is 6.07 Å². The Kier molecular flexibility index (Phi) is 5.46. The first-order valence-corrected chi connectivity index (χ1v) is 8.94. The highest BCUT2D eigenvalue weighted by Gasteiger charge is 2.20. The molecule has 0 spiro atoms. The van der Waals surface area contributed by atoms with E-state index in [1.54, 1.807) is 49.4 Å². The molecule has 0 bridgehead atoms.